The van der Waals surface area contributed by atoms with E-state index >= 15 is 0 Å². The van der Waals surface area contributed by atoms with Crippen LogP contribution in [0.25, 0.3) is 0 Å². The number of halogens is 3. The number of hydrogen-bond donors (Lipinski definition) is 2. The Balaban J connectivity index is 2.68. The molecule has 0 aromatic heterocycles. The molecule has 0 aliphatic carbocycles. The van der Waals surface area contributed by atoms with E-state index in [9.17, 15) is 27.5 Å². The van der Waals surface area contributed by atoms with Gasteiger partial charge < -0.3 is 9.79 Å². The Hall–Kier alpha value is -1.62. The molecule has 0 radical (unpaired) electrons. The van der Waals surface area contributed by atoms with Crippen molar-refractivity contribution in [3.05, 3.63) is 71.3 Å². The molecule has 0 saturated heterocycles. The molecule has 0 heterocycles. The molecule has 1 unspecified atom stereocenters. The van der Waals surface area contributed by atoms with Crippen LogP contribution < -0.4 is 0 Å². The van der Waals surface area contributed by atoms with E-state index in [-0.39, 0.29) is 5.56 Å². The van der Waals surface area contributed by atoms with Gasteiger partial charge >= 0.3 is 13.8 Å². The molecule has 1 atom stereocenters. The molecule has 0 bridgehead atoms. The Labute approximate surface area is 119 Å². The molecule has 112 valence electrons. The van der Waals surface area contributed by atoms with Gasteiger partial charge in [-0.15, -0.1) is 0 Å². The van der Waals surface area contributed by atoms with Crippen LogP contribution in [0.1, 0.15) is 22.3 Å². The van der Waals surface area contributed by atoms with Crippen molar-refractivity contribution in [1.29, 1.82) is 0 Å². The second-order valence-electron chi connectivity index (χ2n) is 4.49. The van der Waals surface area contributed by atoms with E-state index in [1.165, 1.54) is 36.4 Å². The van der Waals surface area contributed by atoms with Gasteiger partial charge in [-0.3, -0.25) is 4.57 Å². The summed E-state index contributed by atoms with van der Waals surface area (Å²) in [5.41, 5.74) is -2.97. The first-order chi connectivity index (χ1) is 9.71. The average Bonchev–Trinajstić information content (AvgIpc) is 2.38. The highest BCUT2D eigenvalue weighted by Crippen LogP contribution is 2.57. The van der Waals surface area contributed by atoms with Gasteiger partial charge in [0.1, 0.15) is 5.66 Å². The maximum Gasteiger partial charge on any atom is 0.416 e. The summed E-state index contributed by atoms with van der Waals surface area (Å²) in [7, 11) is -4.82. The topological polar surface area (TPSA) is 57.5 Å². The van der Waals surface area contributed by atoms with Crippen LogP contribution in [0.5, 0.6) is 0 Å². The Morgan fingerprint density at radius 2 is 1.43 bits per heavy atom. The molecule has 3 nitrogen and oxygen atoms in total. The lowest BCUT2D eigenvalue weighted by Gasteiger charge is -2.23. The molecule has 2 rings (SSSR count). The highest BCUT2D eigenvalue weighted by atomic mass is 31.2. The first-order valence-corrected chi connectivity index (χ1v) is 7.65. The van der Waals surface area contributed by atoms with Gasteiger partial charge in [0.15, 0.2) is 0 Å². The summed E-state index contributed by atoms with van der Waals surface area (Å²) in [6.45, 7) is 0. The Morgan fingerprint density at radius 1 is 0.905 bits per heavy atom. The third-order valence-corrected chi connectivity index (χ3v) is 4.26. The molecule has 0 saturated carbocycles. The van der Waals surface area contributed by atoms with Gasteiger partial charge in [-0.1, -0.05) is 48.5 Å². The quantitative estimate of drug-likeness (QED) is 0.842. The van der Waals surface area contributed by atoms with Crippen molar-refractivity contribution >= 4 is 7.60 Å². The van der Waals surface area contributed by atoms with Crippen molar-refractivity contribution < 1.29 is 27.5 Å². The third-order valence-electron chi connectivity index (χ3n) is 3.01. The van der Waals surface area contributed by atoms with Gasteiger partial charge in [-0.25, -0.2) is 0 Å². The van der Waals surface area contributed by atoms with Gasteiger partial charge in [-0.2, -0.15) is 13.2 Å². The minimum Gasteiger partial charge on any atom is -0.324 e. The van der Waals surface area contributed by atoms with Gasteiger partial charge in [0, 0.05) is 0 Å². The van der Waals surface area contributed by atoms with Gasteiger partial charge in [-0.05, 0) is 17.2 Å². The fourth-order valence-corrected chi connectivity index (χ4v) is 3.33. The predicted octanol–water partition coefficient (Wildman–Crippen LogP) is 3.97. The zero-order valence-corrected chi connectivity index (χ0v) is 11.6. The SMILES string of the molecule is O=P(O)(O)C(c1ccccc1)c1ccccc1C(F)(F)F. The van der Waals surface area contributed by atoms with Crippen molar-refractivity contribution in [2.45, 2.75) is 11.8 Å². The zero-order valence-electron chi connectivity index (χ0n) is 10.7. The summed E-state index contributed by atoms with van der Waals surface area (Å²) in [6.07, 6.45) is -4.68. The first kappa shape index (κ1) is 15.8. The van der Waals surface area contributed by atoms with E-state index in [1.807, 2.05) is 0 Å². The van der Waals surface area contributed by atoms with E-state index in [1.54, 1.807) is 6.07 Å². The lowest BCUT2D eigenvalue weighted by atomic mass is 9.99. The summed E-state index contributed by atoms with van der Waals surface area (Å²) in [5.74, 6) is 0. The smallest absolute Gasteiger partial charge is 0.324 e. The summed E-state index contributed by atoms with van der Waals surface area (Å²) >= 11 is 0. The molecule has 0 aliphatic heterocycles. The van der Waals surface area contributed by atoms with Crippen LogP contribution in [0.2, 0.25) is 0 Å². The highest BCUT2D eigenvalue weighted by Gasteiger charge is 2.40. The molecular formula is C14H12F3O3P. The fourth-order valence-electron chi connectivity index (χ4n) is 2.18. The van der Waals surface area contributed by atoms with Crippen molar-refractivity contribution in [3.8, 4) is 0 Å². The standard InChI is InChI=1S/C14H12F3O3P/c15-14(16,17)12-9-5-4-8-11(12)13(21(18,19)20)10-6-2-1-3-7-10/h1-9,13H,(H2,18,19,20). The normalized spacial score (nSPS) is 14.0. The van der Waals surface area contributed by atoms with E-state index in [0.717, 1.165) is 12.1 Å². The highest BCUT2D eigenvalue weighted by molar-refractivity contribution is 7.52. The number of benzene rings is 2. The van der Waals surface area contributed by atoms with Crippen molar-refractivity contribution in [3.63, 3.8) is 0 Å². The van der Waals surface area contributed by atoms with Crippen molar-refractivity contribution in [1.82, 2.24) is 0 Å². The third kappa shape index (κ3) is 3.53. The van der Waals surface area contributed by atoms with Gasteiger partial charge in [0.05, 0.1) is 5.56 Å². The summed E-state index contributed by atoms with van der Waals surface area (Å²) in [6, 6.07) is 11.9. The lowest BCUT2D eigenvalue weighted by molar-refractivity contribution is -0.138. The molecule has 21 heavy (non-hydrogen) atoms. The largest absolute Gasteiger partial charge is 0.416 e. The molecule has 0 aliphatic rings. The number of rotatable bonds is 3. The van der Waals surface area contributed by atoms with E-state index in [0.29, 0.717) is 0 Å². The van der Waals surface area contributed by atoms with E-state index in [2.05, 4.69) is 0 Å². The Kier molecular flexibility index (Phi) is 4.23. The van der Waals surface area contributed by atoms with Crippen LogP contribution in [0.4, 0.5) is 13.2 Å². The maximum atomic E-state index is 13.1. The molecule has 2 aromatic carbocycles. The van der Waals surface area contributed by atoms with Crippen LogP contribution in [-0.2, 0) is 10.7 Å². The van der Waals surface area contributed by atoms with Gasteiger partial charge in [0.2, 0.25) is 0 Å². The molecule has 0 amide bonds. The first-order valence-electron chi connectivity index (χ1n) is 5.97. The Bertz CT molecular complexity index is 665. The molecule has 0 spiro atoms. The summed E-state index contributed by atoms with van der Waals surface area (Å²) < 4.78 is 50.9. The van der Waals surface area contributed by atoms with Crippen LogP contribution >= 0.6 is 7.60 Å². The summed E-state index contributed by atoms with van der Waals surface area (Å²) in [4.78, 5) is 19.0. The molecule has 2 N–H and O–H groups in total. The van der Waals surface area contributed by atoms with Gasteiger partial charge in [0.25, 0.3) is 0 Å². The van der Waals surface area contributed by atoms with Crippen LogP contribution in [0.15, 0.2) is 54.6 Å². The van der Waals surface area contributed by atoms with E-state index in [4.69, 9.17) is 0 Å². The molecular weight excluding hydrogens is 304 g/mol. The van der Waals surface area contributed by atoms with Crippen LogP contribution in [0.3, 0.4) is 0 Å². The number of alkyl halides is 3. The molecule has 0 fully saturated rings. The molecule has 7 heteroatoms. The fraction of sp³-hybridized carbons (Fsp3) is 0.143. The minimum atomic E-state index is -4.82. The van der Waals surface area contributed by atoms with E-state index < -0.39 is 30.6 Å². The summed E-state index contributed by atoms with van der Waals surface area (Å²) in [5, 5.41) is 0. The zero-order chi connectivity index (χ0) is 15.7. The number of hydrogen-bond acceptors (Lipinski definition) is 1. The second kappa shape index (κ2) is 5.64. The Morgan fingerprint density at radius 3 is 1.95 bits per heavy atom. The lowest BCUT2D eigenvalue weighted by Crippen LogP contribution is -2.13. The predicted molar refractivity (Wildman–Crippen MR) is 71.8 cm³/mol. The molecule has 2 aromatic rings. The van der Waals surface area contributed by atoms with Crippen LogP contribution in [0, 0.1) is 0 Å². The van der Waals surface area contributed by atoms with Crippen LogP contribution in [-0.4, -0.2) is 9.79 Å². The van der Waals surface area contributed by atoms with Crippen molar-refractivity contribution in [2.24, 2.45) is 0 Å². The monoisotopic (exact) mass is 316 g/mol. The van der Waals surface area contributed by atoms with Crippen molar-refractivity contribution in [2.75, 3.05) is 0 Å². The average molecular weight is 316 g/mol. The maximum absolute atomic E-state index is 13.1. The second-order valence-corrected chi connectivity index (χ2v) is 6.18. The minimum absolute atomic E-state index is 0.141.